The molecule has 0 aliphatic carbocycles. The van der Waals surface area contributed by atoms with Gasteiger partial charge in [-0.25, -0.2) is 0 Å². The zero-order valence-electron chi connectivity index (χ0n) is 11.8. The van der Waals surface area contributed by atoms with Crippen LogP contribution in [0.15, 0.2) is 12.1 Å². The SMILES string of the molecule is CCOC(=O)CCc1cc(OC)c(OC)cc1OC. The summed E-state index contributed by atoms with van der Waals surface area (Å²) < 4.78 is 20.6. The molecule has 0 spiro atoms. The Morgan fingerprint density at radius 2 is 1.58 bits per heavy atom. The van der Waals surface area contributed by atoms with Gasteiger partial charge >= 0.3 is 5.97 Å². The lowest BCUT2D eigenvalue weighted by Crippen LogP contribution is -2.06. The van der Waals surface area contributed by atoms with Crippen LogP contribution in [0.5, 0.6) is 17.2 Å². The van der Waals surface area contributed by atoms with Crippen LogP contribution in [0.3, 0.4) is 0 Å². The van der Waals surface area contributed by atoms with Crippen molar-refractivity contribution in [2.75, 3.05) is 27.9 Å². The van der Waals surface area contributed by atoms with Crippen molar-refractivity contribution in [3.63, 3.8) is 0 Å². The molecule has 19 heavy (non-hydrogen) atoms. The van der Waals surface area contributed by atoms with Crippen LogP contribution in [0.25, 0.3) is 0 Å². The van der Waals surface area contributed by atoms with Crippen molar-refractivity contribution >= 4 is 5.97 Å². The smallest absolute Gasteiger partial charge is 0.306 e. The molecular formula is C14H20O5. The number of hydrogen-bond donors (Lipinski definition) is 0. The molecule has 1 aromatic carbocycles. The summed E-state index contributed by atoms with van der Waals surface area (Å²) in [5.74, 6) is 1.66. The third-order valence-corrected chi connectivity index (χ3v) is 2.69. The molecule has 106 valence electrons. The van der Waals surface area contributed by atoms with Gasteiger partial charge in [-0.05, 0) is 25.0 Å². The monoisotopic (exact) mass is 268 g/mol. The maximum absolute atomic E-state index is 11.4. The molecule has 0 aromatic heterocycles. The summed E-state index contributed by atoms with van der Waals surface area (Å²) in [4.78, 5) is 11.4. The molecule has 0 amide bonds. The number of benzene rings is 1. The van der Waals surface area contributed by atoms with E-state index in [0.717, 1.165) is 5.56 Å². The van der Waals surface area contributed by atoms with Crippen LogP contribution in [-0.2, 0) is 16.0 Å². The van der Waals surface area contributed by atoms with E-state index in [0.29, 0.717) is 36.7 Å². The maximum Gasteiger partial charge on any atom is 0.306 e. The van der Waals surface area contributed by atoms with Crippen LogP contribution in [0.4, 0.5) is 0 Å². The van der Waals surface area contributed by atoms with Crippen molar-refractivity contribution in [2.45, 2.75) is 19.8 Å². The van der Waals surface area contributed by atoms with Crippen molar-refractivity contribution in [3.05, 3.63) is 17.7 Å². The van der Waals surface area contributed by atoms with Gasteiger partial charge in [0.05, 0.1) is 27.9 Å². The Morgan fingerprint density at radius 3 is 2.11 bits per heavy atom. The Labute approximate surface area is 113 Å². The van der Waals surface area contributed by atoms with Gasteiger partial charge in [0.1, 0.15) is 5.75 Å². The first-order chi connectivity index (χ1) is 9.15. The first-order valence-corrected chi connectivity index (χ1v) is 6.10. The molecule has 0 bridgehead atoms. The Hall–Kier alpha value is -1.91. The summed E-state index contributed by atoms with van der Waals surface area (Å²) in [5.41, 5.74) is 0.883. The summed E-state index contributed by atoms with van der Waals surface area (Å²) in [5, 5.41) is 0. The van der Waals surface area contributed by atoms with Crippen molar-refractivity contribution < 1.29 is 23.7 Å². The van der Waals surface area contributed by atoms with E-state index in [2.05, 4.69) is 0 Å². The highest BCUT2D eigenvalue weighted by molar-refractivity contribution is 5.70. The molecule has 0 atom stereocenters. The topological polar surface area (TPSA) is 54.0 Å². The van der Waals surface area contributed by atoms with Gasteiger partial charge in [-0.2, -0.15) is 0 Å². The van der Waals surface area contributed by atoms with E-state index in [1.807, 2.05) is 6.07 Å². The van der Waals surface area contributed by atoms with Crippen molar-refractivity contribution in [3.8, 4) is 17.2 Å². The van der Waals surface area contributed by atoms with E-state index >= 15 is 0 Å². The summed E-state index contributed by atoms with van der Waals surface area (Å²) in [7, 11) is 4.71. The second kappa shape index (κ2) is 7.51. The molecule has 5 heteroatoms. The summed E-state index contributed by atoms with van der Waals surface area (Å²) in [6.45, 7) is 2.18. The van der Waals surface area contributed by atoms with E-state index in [1.54, 1.807) is 34.3 Å². The van der Waals surface area contributed by atoms with Crippen molar-refractivity contribution in [1.82, 2.24) is 0 Å². The predicted molar refractivity (Wildman–Crippen MR) is 71.1 cm³/mol. The molecule has 0 radical (unpaired) electrons. The van der Waals surface area contributed by atoms with Crippen LogP contribution >= 0.6 is 0 Å². The fraction of sp³-hybridized carbons (Fsp3) is 0.500. The largest absolute Gasteiger partial charge is 0.496 e. The highest BCUT2D eigenvalue weighted by Crippen LogP contribution is 2.35. The van der Waals surface area contributed by atoms with Crippen LogP contribution in [0.2, 0.25) is 0 Å². The summed E-state index contributed by atoms with van der Waals surface area (Å²) >= 11 is 0. The molecule has 0 aliphatic heterocycles. The van der Waals surface area contributed by atoms with E-state index in [1.165, 1.54) is 0 Å². The lowest BCUT2D eigenvalue weighted by Gasteiger charge is -2.13. The fourth-order valence-corrected chi connectivity index (χ4v) is 1.76. The van der Waals surface area contributed by atoms with Crippen LogP contribution in [0, 0.1) is 0 Å². The number of carbonyl (C=O) groups excluding carboxylic acids is 1. The molecule has 0 saturated heterocycles. The molecule has 0 heterocycles. The van der Waals surface area contributed by atoms with Gasteiger partial charge in [0.15, 0.2) is 11.5 Å². The maximum atomic E-state index is 11.4. The van der Waals surface area contributed by atoms with E-state index in [9.17, 15) is 4.79 Å². The molecule has 0 aliphatic rings. The van der Waals surface area contributed by atoms with Gasteiger partial charge in [0, 0.05) is 12.5 Å². The molecule has 0 saturated carbocycles. The molecule has 1 rings (SSSR count). The molecular weight excluding hydrogens is 248 g/mol. The zero-order chi connectivity index (χ0) is 14.3. The quantitative estimate of drug-likeness (QED) is 0.710. The lowest BCUT2D eigenvalue weighted by molar-refractivity contribution is -0.143. The Balaban J connectivity index is 2.89. The normalized spacial score (nSPS) is 9.89. The third kappa shape index (κ3) is 4.05. The summed E-state index contributed by atoms with van der Waals surface area (Å²) in [6, 6.07) is 3.57. The summed E-state index contributed by atoms with van der Waals surface area (Å²) in [6.07, 6.45) is 0.835. The number of esters is 1. The number of ether oxygens (including phenoxy) is 4. The predicted octanol–water partition coefficient (Wildman–Crippen LogP) is 2.21. The minimum absolute atomic E-state index is 0.223. The van der Waals surface area contributed by atoms with Crippen molar-refractivity contribution in [2.24, 2.45) is 0 Å². The fourth-order valence-electron chi connectivity index (χ4n) is 1.76. The number of carbonyl (C=O) groups is 1. The van der Waals surface area contributed by atoms with Gasteiger partial charge in [-0.15, -0.1) is 0 Å². The minimum Gasteiger partial charge on any atom is -0.496 e. The van der Waals surface area contributed by atoms with Gasteiger partial charge < -0.3 is 18.9 Å². The average molecular weight is 268 g/mol. The molecule has 1 aromatic rings. The molecule has 5 nitrogen and oxygen atoms in total. The highest BCUT2D eigenvalue weighted by atomic mass is 16.5. The van der Waals surface area contributed by atoms with E-state index < -0.39 is 0 Å². The van der Waals surface area contributed by atoms with Crippen molar-refractivity contribution in [1.29, 1.82) is 0 Å². The van der Waals surface area contributed by atoms with Gasteiger partial charge in [0.25, 0.3) is 0 Å². The minimum atomic E-state index is -0.223. The Kier molecular flexibility index (Phi) is 5.99. The Morgan fingerprint density at radius 1 is 1.00 bits per heavy atom. The first-order valence-electron chi connectivity index (χ1n) is 6.10. The van der Waals surface area contributed by atoms with E-state index in [4.69, 9.17) is 18.9 Å². The zero-order valence-corrected chi connectivity index (χ0v) is 11.8. The highest BCUT2D eigenvalue weighted by Gasteiger charge is 2.13. The van der Waals surface area contributed by atoms with Gasteiger partial charge in [-0.3, -0.25) is 4.79 Å². The average Bonchev–Trinajstić information content (AvgIpc) is 2.44. The standard InChI is InChI=1S/C14H20O5/c1-5-19-14(15)7-6-10-8-12(17-3)13(18-4)9-11(10)16-2/h8-9H,5-7H2,1-4H3. The van der Waals surface area contributed by atoms with Gasteiger partial charge in [-0.1, -0.05) is 0 Å². The first kappa shape index (κ1) is 15.1. The van der Waals surface area contributed by atoms with E-state index in [-0.39, 0.29) is 5.97 Å². The number of aryl methyl sites for hydroxylation is 1. The number of methoxy groups -OCH3 is 3. The lowest BCUT2D eigenvalue weighted by atomic mass is 10.1. The Bertz CT molecular complexity index is 428. The molecule has 0 N–H and O–H groups in total. The van der Waals surface area contributed by atoms with Crippen LogP contribution < -0.4 is 14.2 Å². The van der Waals surface area contributed by atoms with Crippen LogP contribution in [-0.4, -0.2) is 33.9 Å². The van der Waals surface area contributed by atoms with Crippen LogP contribution in [0.1, 0.15) is 18.9 Å². The number of rotatable bonds is 7. The molecule has 0 fully saturated rings. The second-order valence-electron chi connectivity index (χ2n) is 3.82. The molecule has 0 unspecified atom stereocenters. The number of hydrogen-bond acceptors (Lipinski definition) is 5. The van der Waals surface area contributed by atoms with Gasteiger partial charge in [0.2, 0.25) is 0 Å². The second-order valence-corrected chi connectivity index (χ2v) is 3.82. The third-order valence-electron chi connectivity index (χ3n) is 2.69.